The monoisotopic (exact) mass is 273 g/mol. The Kier molecular flexibility index (Phi) is 3.56. The van der Waals surface area contributed by atoms with Crippen LogP contribution in [-0.4, -0.2) is 4.98 Å². The van der Waals surface area contributed by atoms with Crippen molar-refractivity contribution in [3.8, 4) is 5.75 Å². The summed E-state index contributed by atoms with van der Waals surface area (Å²) in [6.45, 7) is 2.14. The Bertz CT molecular complexity index is 519. The second-order valence-corrected chi connectivity index (χ2v) is 4.64. The molecule has 2 aromatic rings. The minimum absolute atomic E-state index is 0.268. The number of ether oxygens (including phenoxy) is 1. The summed E-state index contributed by atoms with van der Waals surface area (Å²) in [4.78, 5) is 4.20. The highest BCUT2D eigenvalue weighted by Crippen LogP contribution is 2.30. The Morgan fingerprint density at radius 3 is 2.39 bits per heavy atom. The van der Waals surface area contributed by atoms with Crippen molar-refractivity contribution in [2.24, 2.45) is 0 Å². The van der Waals surface area contributed by atoms with Gasteiger partial charge < -0.3 is 4.74 Å². The quantitative estimate of drug-likeness (QED) is 0.841. The summed E-state index contributed by atoms with van der Waals surface area (Å²) in [7, 11) is 0. The first kappa shape index (κ1) is 12.9. The van der Waals surface area contributed by atoms with Crippen LogP contribution in [0.3, 0.4) is 0 Å². The number of thiazole rings is 1. The van der Waals surface area contributed by atoms with E-state index in [1.807, 2.05) is 12.3 Å². The molecule has 0 N–H and O–H groups in total. The second-order valence-electron chi connectivity index (χ2n) is 3.69. The number of nitrogens with zero attached hydrogens (tertiary/aromatic N) is 1. The van der Waals surface area contributed by atoms with Crippen molar-refractivity contribution in [2.45, 2.75) is 19.7 Å². The molecule has 1 aromatic heterocycles. The number of rotatable bonds is 3. The summed E-state index contributed by atoms with van der Waals surface area (Å²) < 4.78 is 42.3. The van der Waals surface area contributed by atoms with Gasteiger partial charge in [-0.05, 0) is 31.2 Å². The van der Waals surface area contributed by atoms with E-state index in [0.29, 0.717) is 5.75 Å². The minimum Gasteiger partial charge on any atom is -0.486 e. The van der Waals surface area contributed by atoms with Crippen LogP contribution < -0.4 is 4.74 Å². The predicted molar refractivity (Wildman–Crippen MR) is 62.6 cm³/mol. The van der Waals surface area contributed by atoms with Crippen molar-refractivity contribution in [2.75, 3.05) is 0 Å². The highest BCUT2D eigenvalue weighted by Gasteiger charge is 2.29. The number of hydrogen-bond donors (Lipinski definition) is 0. The molecule has 0 saturated carbocycles. The van der Waals surface area contributed by atoms with Crippen LogP contribution in [0.4, 0.5) is 13.2 Å². The molecule has 1 aromatic carbocycles. The fourth-order valence-corrected chi connectivity index (χ4v) is 2.04. The van der Waals surface area contributed by atoms with E-state index in [-0.39, 0.29) is 6.61 Å². The van der Waals surface area contributed by atoms with Crippen LogP contribution in [0.25, 0.3) is 0 Å². The number of aromatic nitrogens is 1. The van der Waals surface area contributed by atoms with E-state index in [1.165, 1.54) is 23.5 Å². The molecular weight excluding hydrogens is 263 g/mol. The molecule has 1 heterocycles. The number of aryl methyl sites for hydroxylation is 1. The van der Waals surface area contributed by atoms with Gasteiger partial charge in [-0.2, -0.15) is 13.2 Å². The molecule has 0 fully saturated rings. The third-order valence-corrected chi connectivity index (χ3v) is 3.15. The zero-order valence-electron chi connectivity index (χ0n) is 9.49. The third kappa shape index (κ3) is 3.22. The van der Waals surface area contributed by atoms with Gasteiger partial charge in [0.1, 0.15) is 17.4 Å². The van der Waals surface area contributed by atoms with Crippen LogP contribution in [0.1, 0.15) is 16.3 Å². The number of alkyl halides is 3. The van der Waals surface area contributed by atoms with Gasteiger partial charge in [-0.15, -0.1) is 11.3 Å². The van der Waals surface area contributed by atoms with Gasteiger partial charge in [0.25, 0.3) is 0 Å². The first-order valence-corrected chi connectivity index (χ1v) is 6.04. The number of halogens is 3. The van der Waals surface area contributed by atoms with Gasteiger partial charge in [-0.3, -0.25) is 0 Å². The third-order valence-electron chi connectivity index (χ3n) is 2.21. The molecule has 2 nitrogen and oxygen atoms in total. The van der Waals surface area contributed by atoms with E-state index < -0.39 is 11.7 Å². The average Bonchev–Trinajstić information content (AvgIpc) is 2.72. The lowest BCUT2D eigenvalue weighted by Gasteiger charge is -2.08. The molecule has 96 valence electrons. The van der Waals surface area contributed by atoms with Gasteiger partial charge in [0.05, 0.1) is 5.56 Å². The second kappa shape index (κ2) is 4.97. The largest absolute Gasteiger partial charge is 0.486 e. The van der Waals surface area contributed by atoms with Crippen molar-refractivity contribution in [1.82, 2.24) is 4.98 Å². The molecule has 6 heteroatoms. The van der Waals surface area contributed by atoms with Gasteiger partial charge >= 0.3 is 6.18 Å². The van der Waals surface area contributed by atoms with E-state index in [9.17, 15) is 13.2 Å². The summed E-state index contributed by atoms with van der Waals surface area (Å²) >= 11 is 1.46. The lowest BCUT2D eigenvalue weighted by molar-refractivity contribution is -0.137. The highest BCUT2D eigenvalue weighted by atomic mass is 32.1. The summed E-state index contributed by atoms with van der Waals surface area (Å²) in [6.07, 6.45) is -4.31. The molecule has 18 heavy (non-hydrogen) atoms. The SMILES string of the molecule is Cc1csc(COc2ccc(C(F)(F)F)cc2)n1. The molecule has 0 aliphatic rings. The molecule has 0 aliphatic carbocycles. The van der Waals surface area contributed by atoms with Crippen molar-refractivity contribution >= 4 is 11.3 Å². The highest BCUT2D eigenvalue weighted by molar-refractivity contribution is 7.09. The van der Waals surface area contributed by atoms with Crippen molar-refractivity contribution in [1.29, 1.82) is 0 Å². The molecule has 0 atom stereocenters. The van der Waals surface area contributed by atoms with E-state index in [0.717, 1.165) is 22.8 Å². The summed E-state index contributed by atoms with van der Waals surface area (Å²) in [5.41, 5.74) is 0.228. The Morgan fingerprint density at radius 2 is 1.89 bits per heavy atom. The van der Waals surface area contributed by atoms with Gasteiger partial charge in [-0.25, -0.2) is 4.98 Å². The zero-order valence-corrected chi connectivity index (χ0v) is 10.3. The molecule has 0 unspecified atom stereocenters. The van der Waals surface area contributed by atoms with Crippen LogP contribution >= 0.6 is 11.3 Å². The summed E-state index contributed by atoms with van der Waals surface area (Å²) in [5, 5.41) is 2.69. The van der Waals surface area contributed by atoms with Gasteiger partial charge in [-0.1, -0.05) is 0 Å². The van der Waals surface area contributed by atoms with E-state index in [2.05, 4.69) is 4.98 Å². The standard InChI is InChI=1S/C12H10F3NOS/c1-8-7-18-11(16-8)6-17-10-4-2-9(3-5-10)12(13,14)15/h2-5,7H,6H2,1H3. The van der Waals surface area contributed by atoms with Crippen LogP contribution in [-0.2, 0) is 12.8 Å². The topological polar surface area (TPSA) is 22.1 Å². The Labute approximate surface area is 106 Å². The maximum Gasteiger partial charge on any atom is 0.416 e. The summed E-state index contributed by atoms with van der Waals surface area (Å²) in [6, 6.07) is 4.62. The van der Waals surface area contributed by atoms with Crippen LogP contribution in [0.15, 0.2) is 29.6 Å². The molecule has 0 spiro atoms. The maximum absolute atomic E-state index is 12.3. The summed E-state index contributed by atoms with van der Waals surface area (Å²) in [5.74, 6) is 0.399. The molecule has 2 rings (SSSR count). The van der Waals surface area contributed by atoms with Gasteiger partial charge in [0.2, 0.25) is 0 Å². The minimum atomic E-state index is -4.31. The lowest BCUT2D eigenvalue weighted by Crippen LogP contribution is -2.04. The van der Waals surface area contributed by atoms with Crippen molar-refractivity contribution in [3.05, 3.63) is 45.9 Å². The number of hydrogen-bond acceptors (Lipinski definition) is 3. The Morgan fingerprint density at radius 1 is 1.22 bits per heavy atom. The Hall–Kier alpha value is -1.56. The van der Waals surface area contributed by atoms with E-state index in [4.69, 9.17) is 4.74 Å². The van der Waals surface area contributed by atoms with E-state index >= 15 is 0 Å². The molecular formula is C12H10F3NOS. The normalized spacial score (nSPS) is 11.6. The molecule has 0 bridgehead atoms. The maximum atomic E-state index is 12.3. The first-order chi connectivity index (χ1) is 8.45. The van der Waals surface area contributed by atoms with Crippen molar-refractivity contribution < 1.29 is 17.9 Å². The van der Waals surface area contributed by atoms with Gasteiger partial charge in [0, 0.05) is 11.1 Å². The first-order valence-electron chi connectivity index (χ1n) is 5.16. The van der Waals surface area contributed by atoms with E-state index in [1.54, 1.807) is 0 Å². The van der Waals surface area contributed by atoms with Crippen LogP contribution in [0.2, 0.25) is 0 Å². The molecule has 0 saturated heterocycles. The van der Waals surface area contributed by atoms with Gasteiger partial charge in [0.15, 0.2) is 0 Å². The lowest BCUT2D eigenvalue weighted by atomic mass is 10.2. The molecule has 0 aliphatic heterocycles. The average molecular weight is 273 g/mol. The Balaban J connectivity index is 1.98. The fourth-order valence-electron chi connectivity index (χ4n) is 1.35. The molecule has 0 amide bonds. The predicted octanol–water partition coefficient (Wildman–Crippen LogP) is 4.05. The zero-order chi connectivity index (χ0) is 13.2. The molecule has 0 radical (unpaired) electrons. The number of benzene rings is 1. The van der Waals surface area contributed by atoms with Crippen LogP contribution in [0, 0.1) is 6.92 Å². The smallest absolute Gasteiger partial charge is 0.416 e. The van der Waals surface area contributed by atoms with Crippen molar-refractivity contribution in [3.63, 3.8) is 0 Å². The fraction of sp³-hybridized carbons (Fsp3) is 0.250. The van der Waals surface area contributed by atoms with Crippen LogP contribution in [0.5, 0.6) is 5.75 Å².